The second-order valence-electron chi connectivity index (χ2n) is 5.51. The number of aromatic nitrogens is 1. The lowest BCUT2D eigenvalue weighted by Gasteiger charge is -2.23. The highest BCUT2D eigenvalue weighted by molar-refractivity contribution is 7.10. The van der Waals surface area contributed by atoms with Crippen LogP contribution in [0.1, 0.15) is 43.7 Å². The van der Waals surface area contributed by atoms with E-state index >= 15 is 0 Å². The molecular formula is C13H21N3O3S. The van der Waals surface area contributed by atoms with Crippen LogP contribution in [-0.4, -0.2) is 34.9 Å². The molecule has 1 atom stereocenters. The van der Waals surface area contributed by atoms with Gasteiger partial charge in [0.2, 0.25) is 0 Å². The van der Waals surface area contributed by atoms with Crippen molar-refractivity contribution in [3.63, 3.8) is 0 Å². The van der Waals surface area contributed by atoms with Crippen molar-refractivity contribution in [2.24, 2.45) is 0 Å². The van der Waals surface area contributed by atoms with Crippen molar-refractivity contribution in [1.29, 1.82) is 0 Å². The summed E-state index contributed by atoms with van der Waals surface area (Å²) in [7, 11) is 1.71. The molecule has 0 saturated heterocycles. The number of carbonyl (C=O) groups excluding carboxylic acids is 2. The standard InChI is InChI=1S/C13H21N3O3S/c1-7-9(11(14-6)20-16-7)12(18)19-8(2)10(17)15-13(3,4)5/h8,14H,1-6H3,(H,15,17). The number of aryl methyl sites for hydroxylation is 1. The second-order valence-corrected chi connectivity index (χ2v) is 6.28. The SMILES string of the molecule is CNc1snc(C)c1C(=O)OC(C)C(=O)NC(C)(C)C. The molecule has 0 fully saturated rings. The van der Waals surface area contributed by atoms with Crippen molar-refractivity contribution in [3.05, 3.63) is 11.3 Å². The van der Waals surface area contributed by atoms with Crippen molar-refractivity contribution in [2.45, 2.75) is 46.3 Å². The molecule has 0 aromatic carbocycles. The van der Waals surface area contributed by atoms with Gasteiger partial charge in [0.15, 0.2) is 6.10 Å². The first-order chi connectivity index (χ1) is 9.15. The number of ether oxygens (including phenoxy) is 1. The summed E-state index contributed by atoms with van der Waals surface area (Å²) in [4.78, 5) is 24.0. The topological polar surface area (TPSA) is 80.3 Å². The van der Waals surface area contributed by atoms with Gasteiger partial charge in [-0.05, 0) is 46.2 Å². The molecule has 0 aliphatic carbocycles. The first-order valence-electron chi connectivity index (χ1n) is 6.32. The third-order valence-electron chi connectivity index (χ3n) is 2.45. The van der Waals surface area contributed by atoms with Crippen LogP contribution in [0.4, 0.5) is 5.00 Å². The van der Waals surface area contributed by atoms with Crippen molar-refractivity contribution in [1.82, 2.24) is 9.69 Å². The third-order valence-corrected chi connectivity index (χ3v) is 3.40. The van der Waals surface area contributed by atoms with E-state index in [0.29, 0.717) is 16.3 Å². The normalized spacial score (nSPS) is 12.7. The summed E-state index contributed by atoms with van der Waals surface area (Å²) in [6, 6.07) is 0. The maximum Gasteiger partial charge on any atom is 0.343 e. The van der Waals surface area contributed by atoms with E-state index in [4.69, 9.17) is 4.74 Å². The number of hydrogen-bond donors (Lipinski definition) is 2. The van der Waals surface area contributed by atoms with Crippen molar-refractivity contribution in [2.75, 3.05) is 12.4 Å². The highest BCUT2D eigenvalue weighted by atomic mass is 32.1. The average Bonchev–Trinajstić information content (AvgIpc) is 2.67. The number of carbonyl (C=O) groups is 2. The van der Waals surface area contributed by atoms with Crippen LogP contribution in [0.2, 0.25) is 0 Å². The number of amides is 1. The van der Waals surface area contributed by atoms with E-state index in [1.807, 2.05) is 20.8 Å². The highest BCUT2D eigenvalue weighted by Crippen LogP contribution is 2.25. The van der Waals surface area contributed by atoms with E-state index in [9.17, 15) is 9.59 Å². The quantitative estimate of drug-likeness (QED) is 0.831. The van der Waals surface area contributed by atoms with Gasteiger partial charge in [0.1, 0.15) is 10.6 Å². The molecule has 1 unspecified atom stereocenters. The van der Waals surface area contributed by atoms with Crippen LogP contribution in [0.5, 0.6) is 0 Å². The third kappa shape index (κ3) is 4.19. The van der Waals surface area contributed by atoms with Gasteiger partial charge in [-0.25, -0.2) is 4.79 Å². The molecule has 112 valence electrons. The van der Waals surface area contributed by atoms with Gasteiger partial charge in [-0.1, -0.05) is 0 Å². The Balaban J connectivity index is 2.75. The molecule has 0 bridgehead atoms. The predicted molar refractivity (Wildman–Crippen MR) is 79.2 cm³/mol. The molecule has 0 radical (unpaired) electrons. The van der Waals surface area contributed by atoms with E-state index in [1.165, 1.54) is 11.5 Å². The first-order valence-corrected chi connectivity index (χ1v) is 7.10. The summed E-state index contributed by atoms with van der Waals surface area (Å²) >= 11 is 1.19. The number of esters is 1. The van der Waals surface area contributed by atoms with Crippen LogP contribution in [0.3, 0.4) is 0 Å². The largest absolute Gasteiger partial charge is 0.449 e. The zero-order valence-electron chi connectivity index (χ0n) is 12.7. The van der Waals surface area contributed by atoms with E-state index < -0.39 is 12.1 Å². The fraction of sp³-hybridized carbons (Fsp3) is 0.615. The summed E-state index contributed by atoms with van der Waals surface area (Å²) in [5.74, 6) is -0.866. The summed E-state index contributed by atoms with van der Waals surface area (Å²) in [6.07, 6.45) is -0.856. The van der Waals surface area contributed by atoms with Crippen LogP contribution in [-0.2, 0) is 9.53 Å². The lowest BCUT2D eigenvalue weighted by molar-refractivity contribution is -0.130. The molecule has 0 spiro atoms. The minimum Gasteiger partial charge on any atom is -0.449 e. The highest BCUT2D eigenvalue weighted by Gasteiger charge is 2.26. The van der Waals surface area contributed by atoms with Crippen LogP contribution in [0.15, 0.2) is 0 Å². The first kappa shape index (κ1) is 16.4. The zero-order chi connectivity index (χ0) is 15.5. The molecule has 0 saturated carbocycles. The Kier molecular flexibility index (Phi) is 5.10. The van der Waals surface area contributed by atoms with E-state index in [0.717, 1.165) is 0 Å². The molecule has 1 rings (SSSR count). The van der Waals surface area contributed by atoms with Gasteiger partial charge < -0.3 is 15.4 Å². The minimum absolute atomic E-state index is 0.322. The molecule has 1 aromatic rings. The van der Waals surface area contributed by atoms with E-state index in [-0.39, 0.29) is 11.4 Å². The molecule has 0 aliphatic rings. The molecule has 20 heavy (non-hydrogen) atoms. The Morgan fingerprint density at radius 3 is 2.45 bits per heavy atom. The Morgan fingerprint density at radius 1 is 1.35 bits per heavy atom. The number of hydrogen-bond acceptors (Lipinski definition) is 6. The predicted octanol–water partition coefficient (Wildman–Crippen LogP) is 1.95. The number of nitrogens with one attached hydrogen (secondary N) is 2. The smallest absolute Gasteiger partial charge is 0.343 e. The van der Waals surface area contributed by atoms with Crippen molar-refractivity contribution < 1.29 is 14.3 Å². The summed E-state index contributed by atoms with van der Waals surface area (Å²) in [5.41, 5.74) is 0.606. The summed E-state index contributed by atoms with van der Waals surface area (Å²) in [6.45, 7) is 8.88. The zero-order valence-corrected chi connectivity index (χ0v) is 13.5. The van der Waals surface area contributed by atoms with Crippen molar-refractivity contribution >= 4 is 28.4 Å². The van der Waals surface area contributed by atoms with Gasteiger partial charge in [0, 0.05) is 12.6 Å². The van der Waals surface area contributed by atoms with Gasteiger partial charge in [0.05, 0.1) is 5.69 Å². The van der Waals surface area contributed by atoms with Gasteiger partial charge in [-0.2, -0.15) is 4.37 Å². The summed E-state index contributed by atoms with van der Waals surface area (Å²) < 4.78 is 9.30. The molecule has 6 nitrogen and oxygen atoms in total. The Bertz CT molecular complexity index is 505. The van der Waals surface area contributed by atoms with E-state index in [2.05, 4.69) is 15.0 Å². The fourth-order valence-corrected chi connectivity index (χ4v) is 2.26. The second kappa shape index (κ2) is 6.21. The molecule has 2 N–H and O–H groups in total. The number of anilines is 1. The van der Waals surface area contributed by atoms with Crippen LogP contribution >= 0.6 is 11.5 Å². The number of rotatable bonds is 4. The molecule has 1 heterocycles. The van der Waals surface area contributed by atoms with Crippen LogP contribution in [0, 0.1) is 6.92 Å². The van der Waals surface area contributed by atoms with Crippen LogP contribution < -0.4 is 10.6 Å². The lowest BCUT2D eigenvalue weighted by atomic mass is 10.1. The van der Waals surface area contributed by atoms with Gasteiger partial charge >= 0.3 is 5.97 Å². The molecule has 7 heteroatoms. The van der Waals surface area contributed by atoms with Crippen molar-refractivity contribution in [3.8, 4) is 0 Å². The Labute approximate surface area is 123 Å². The molecule has 1 amide bonds. The molecular weight excluding hydrogens is 278 g/mol. The molecule has 0 aliphatic heterocycles. The lowest BCUT2D eigenvalue weighted by Crippen LogP contribution is -2.46. The maximum atomic E-state index is 12.1. The minimum atomic E-state index is -0.856. The van der Waals surface area contributed by atoms with Crippen LogP contribution in [0.25, 0.3) is 0 Å². The molecule has 1 aromatic heterocycles. The number of nitrogens with zero attached hydrogens (tertiary/aromatic N) is 1. The van der Waals surface area contributed by atoms with E-state index in [1.54, 1.807) is 20.9 Å². The Morgan fingerprint density at radius 2 is 1.95 bits per heavy atom. The maximum absolute atomic E-state index is 12.1. The monoisotopic (exact) mass is 299 g/mol. The Hall–Kier alpha value is -1.63. The fourth-order valence-electron chi connectivity index (χ4n) is 1.52. The van der Waals surface area contributed by atoms with Gasteiger partial charge in [0.25, 0.3) is 5.91 Å². The summed E-state index contributed by atoms with van der Waals surface area (Å²) in [5, 5.41) is 6.30. The van der Waals surface area contributed by atoms with Gasteiger partial charge in [-0.15, -0.1) is 0 Å². The average molecular weight is 299 g/mol. The van der Waals surface area contributed by atoms with Gasteiger partial charge in [-0.3, -0.25) is 4.79 Å².